The number of carbonyl (C=O) groups excluding carboxylic acids is 1. The molecule has 32 heavy (non-hydrogen) atoms. The second kappa shape index (κ2) is 8.79. The molecule has 2 aliphatic heterocycles. The van der Waals surface area contributed by atoms with E-state index in [0.717, 1.165) is 62.3 Å². The van der Waals surface area contributed by atoms with Gasteiger partial charge in [-0.3, -0.25) is 4.98 Å². The van der Waals surface area contributed by atoms with Crippen LogP contribution < -0.4 is 9.80 Å². The molecule has 0 saturated carbocycles. The van der Waals surface area contributed by atoms with Gasteiger partial charge in [-0.25, -0.2) is 4.79 Å². The van der Waals surface area contributed by atoms with Crippen molar-refractivity contribution in [1.82, 2.24) is 9.88 Å². The van der Waals surface area contributed by atoms with E-state index in [-0.39, 0.29) is 5.97 Å². The van der Waals surface area contributed by atoms with E-state index < -0.39 is 0 Å². The van der Waals surface area contributed by atoms with Crippen LogP contribution in [0, 0.1) is 0 Å². The lowest BCUT2D eigenvalue weighted by Crippen LogP contribution is -2.45. The fourth-order valence-electron chi connectivity index (χ4n) is 4.82. The minimum atomic E-state index is -0.294. The molecule has 6 nitrogen and oxygen atoms in total. The van der Waals surface area contributed by atoms with Crippen molar-refractivity contribution in [2.45, 2.75) is 19.9 Å². The third kappa shape index (κ3) is 3.91. The van der Waals surface area contributed by atoms with Crippen LogP contribution in [0.2, 0.25) is 0 Å². The quantitative estimate of drug-likeness (QED) is 0.575. The van der Waals surface area contributed by atoms with Gasteiger partial charge in [-0.05, 0) is 43.7 Å². The Hall–Kier alpha value is -3.12. The fourth-order valence-corrected chi connectivity index (χ4v) is 4.82. The normalized spacial score (nSPS) is 16.4. The fraction of sp³-hybridized carbons (Fsp3) is 0.385. The smallest absolute Gasteiger partial charge is 0.341 e. The number of carbonyl (C=O) groups is 1. The van der Waals surface area contributed by atoms with Gasteiger partial charge in [0.2, 0.25) is 0 Å². The molecule has 1 aromatic heterocycles. The lowest BCUT2D eigenvalue weighted by Gasteiger charge is -2.35. The van der Waals surface area contributed by atoms with E-state index in [2.05, 4.69) is 69.2 Å². The highest BCUT2D eigenvalue weighted by molar-refractivity contribution is 6.06. The first-order chi connectivity index (χ1) is 15.6. The molecular formula is C26H30N4O2. The maximum absolute atomic E-state index is 12.8. The number of hydrogen-bond acceptors (Lipinski definition) is 6. The van der Waals surface area contributed by atoms with Crippen LogP contribution in [0.3, 0.4) is 0 Å². The zero-order valence-corrected chi connectivity index (χ0v) is 18.9. The predicted molar refractivity (Wildman–Crippen MR) is 129 cm³/mol. The Morgan fingerprint density at radius 1 is 1.06 bits per heavy atom. The average molecular weight is 431 g/mol. The van der Waals surface area contributed by atoms with Crippen LogP contribution in [0.4, 0.5) is 11.4 Å². The van der Waals surface area contributed by atoms with Crippen LogP contribution >= 0.6 is 0 Å². The van der Waals surface area contributed by atoms with Crippen molar-refractivity contribution in [2.24, 2.45) is 0 Å². The van der Waals surface area contributed by atoms with Crippen LogP contribution in [0.15, 0.2) is 48.7 Å². The third-order valence-electron chi connectivity index (χ3n) is 6.56. The summed E-state index contributed by atoms with van der Waals surface area (Å²) in [6, 6.07) is 15.1. The minimum Gasteiger partial charge on any atom is -0.462 e. The van der Waals surface area contributed by atoms with Crippen LogP contribution in [0.1, 0.15) is 28.4 Å². The molecule has 0 unspecified atom stereocenters. The van der Waals surface area contributed by atoms with Crippen LogP contribution in [0.25, 0.3) is 10.9 Å². The van der Waals surface area contributed by atoms with Gasteiger partial charge in [-0.15, -0.1) is 0 Å². The maximum atomic E-state index is 12.8. The Bertz CT molecular complexity index is 1120. The summed E-state index contributed by atoms with van der Waals surface area (Å²) in [6.07, 6.45) is 2.72. The number of ether oxygens (including phenoxy) is 1. The summed E-state index contributed by atoms with van der Waals surface area (Å²) >= 11 is 0. The number of piperazine rings is 1. The van der Waals surface area contributed by atoms with Gasteiger partial charge in [0, 0.05) is 56.5 Å². The molecule has 1 saturated heterocycles. The van der Waals surface area contributed by atoms with Crippen LogP contribution in [0.5, 0.6) is 0 Å². The molecule has 0 spiro atoms. The monoisotopic (exact) mass is 430 g/mol. The van der Waals surface area contributed by atoms with Crippen molar-refractivity contribution in [3.8, 4) is 0 Å². The van der Waals surface area contributed by atoms with Gasteiger partial charge in [-0.2, -0.15) is 0 Å². The summed E-state index contributed by atoms with van der Waals surface area (Å²) in [5, 5.41) is 1.04. The SMILES string of the molecule is CCOC(=O)c1cnc2cc3c(cc2c1N1CCN(C)CC1)N(Cc1ccccc1)CC3. The number of fused-ring (bicyclic) bond motifs is 2. The summed E-state index contributed by atoms with van der Waals surface area (Å²) < 4.78 is 5.40. The Labute approximate surface area is 189 Å². The number of nitrogens with zero attached hydrogens (tertiary/aromatic N) is 4. The number of benzene rings is 2. The zero-order chi connectivity index (χ0) is 22.1. The summed E-state index contributed by atoms with van der Waals surface area (Å²) in [4.78, 5) is 24.6. The summed E-state index contributed by atoms with van der Waals surface area (Å²) in [7, 11) is 2.14. The molecule has 0 amide bonds. The molecule has 1 fully saturated rings. The van der Waals surface area contributed by atoms with Gasteiger partial charge in [0.05, 0.1) is 17.8 Å². The number of hydrogen-bond donors (Lipinski definition) is 0. The van der Waals surface area contributed by atoms with Crippen molar-refractivity contribution >= 4 is 28.2 Å². The first kappa shape index (κ1) is 20.8. The molecule has 2 aliphatic rings. The zero-order valence-electron chi connectivity index (χ0n) is 18.9. The van der Waals surface area contributed by atoms with E-state index in [9.17, 15) is 4.79 Å². The van der Waals surface area contributed by atoms with E-state index in [1.54, 1.807) is 6.20 Å². The van der Waals surface area contributed by atoms with Gasteiger partial charge < -0.3 is 19.4 Å². The molecule has 0 radical (unpaired) electrons. The molecule has 0 aliphatic carbocycles. The third-order valence-corrected chi connectivity index (χ3v) is 6.56. The van der Waals surface area contributed by atoms with E-state index in [1.807, 2.05) is 6.92 Å². The lowest BCUT2D eigenvalue weighted by atomic mass is 10.0. The molecule has 2 aromatic carbocycles. The highest BCUT2D eigenvalue weighted by atomic mass is 16.5. The standard InChI is InChI=1S/C26H30N4O2/c1-3-32-26(31)22-17-27-23-15-20-9-10-30(18-19-7-5-4-6-8-19)24(20)16-21(23)25(22)29-13-11-28(2)12-14-29/h4-8,15-17H,3,9-14,18H2,1-2H3. The molecule has 3 aromatic rings. The van der Waals surface area contributed by atoms with Gasteiger partial charge >= 0.3 is 5.97 Å². The highest BCUT2D eigenvalue weighted by Gasteiger charge is 2.27. The lowest BCUT2D eigenvalue weighted by molar-refractivity contribution is 0.0526. The molecule has 0 N–H and O–H groups in total. The molecule has 6 heteroatoms. The average Bonchev–Trinajstić information content (AvgIpc) is 3.20. The number of esters is 1. The van der Waals surface area contributed by atoms with E-state index in [4.69, 9.17) is 4.74 Å². The van der Waals surface area contributed by atoms with Gasteiger partial charge in [0.15, 0.2) is 0 Å². The summed E-state index contributed by atoms with van der Waals surface area (Å²) in [5.74, 6) is -0.294. The van der Waals surface area contributed by atoms with E-state index in [1.165, 1.54) is 16.8 Å². The van der Waals surface area contributed by atoms with Crippen LogP contribution in [-0.2, 0) is 17.7 Å². The van der Waals surface area contributed by atoms with E-state index >= 15 is 0 Å². The van der Waals surface area contributed by atoms with Crippen LogP contribution in [-0.4, -0.2) is 62.2 Å². The molecule has 0 bridgehead atoms. The topological polar surface area (TPSA) is 48.9 Å². The van der Waals surface area contributed by atoms with Gasteiger partial charge in [0.25, 0.3) is 0 Å². The Morgan fingerprint density at radius 3 is 2.59 bits per heavy atom. The largest absolute Gasteiger partial charge is 0.462 e. The van der Waals surface area contributed by atoms with Crippen molar-refractivity contribution in [3.63, 3.8) is 0 Å². The number of pyridine rings is 1. The Kier molecular flexibility index (Phi) is 5.70. The minimum absolute atomic E-state index is 0.294. The van der Waals surface area contributed by atoms with Gasteiger partial charge in [0.1, 0.15) is 5.56 Å². The van der Waals surface area contributed by atoms with Crippen molar-refractivity contribution in [3.05, 3.63) is 65.4 Å². The Balaban J connectivity index is 1.60. The molecular weight excluding hydrogens is 400 g/mol. The number of aromatic nitrogens is 1. The van der Waals surface area contributed by atoms with Crippen molar-refractivity contribution < 1.29 is 9.53 Å². The van der Waals surface area contributed by atoms with E-state index in [0.29, 0.717) is 12.2 Å². The predicted octanol–water partition coefficient (Wildman–Crippen LogP) is 3.73. The maximum Gasteiger partial charge on any atom is 0.341 e. The van der Waals surface area contributed by atoms with Gasteiger partial charge in [-0.1, -0.05) is 30.3 Å². The molecule has 3 heterocycles. The Morgan fingerprint density at radius 2 is 1.84 bits per heavy atom. The highest BCUT2D eigenvalue weighted by Crippen LogP contribution is 2.38. The number of likely N-dealkylation sites (N-methyl/N-ethyl adjacent to an activating group) is 1. The molecule has 0 atom stereocenters. The van der Waals surface area contributed by atoms with Crippen molar-refractivity contribution in [2.75, 3.05) is 56.2 Å². The van der Waals surface area contributed by atoms with Crippen molar-refractivity contribution in [1.29, 1.82) is 0 Å². The first-order valence-corrected chi connectivity index (χ1v) is 11.5. The first-order valence-electron chi connectivity index (χ1n) is 11.5. The summed E-state index contributed by atoms with van der Waals surface area (Å²) in [6.45, 7) is 7.78. The molecule has 5 rings (SSSR count). The summed E-state index contributed by atoms with van der Waals surface area (Å²) in [5.41, 5.74) is 6.37. The second-order valence-corrected chi connectivity index (χ2v) is 8.69. The number of anilines is 2. The molecule has 166 valence electrons. The number of rotatable bonds is 5. The second-order valence-electron chi connectivity index (χ2n) is 8.69.